The molecule has 1 unspecified atom stereocenters. The van der Waals surface area contributed by atoms with E-state index in [-0.39, 0.29) is 39.1 Å². The Morgan fingerprint density at radius 1 is 1.12 bits per heavy atom. The van der Waals surface area contributed by atoms with E-state index < -0.39 is 12.7 Å². The third-order valence-corrected chi connectivity index (χ3v) is 5.54. The van der Waals surface area contributed by atoms with Gasteiger partial charge in [0.25, 0.3) is 0 Å². The van der Waals surface area contributed by atoms with Crippen molar-refractivity contribution in [2.75, 3.05) is 0 Å². The van der Waals surface area contributed by atoms with Gasteiger partial charge in [0, 0.05) is 16.4 Å². The predicted octanol–water partition coefficient (Wildman–Crippen LogP) is 3.66. The number of carbonyl (C=O) groups excluding carboxylic acids is 1. The lowest BCUT2D eigenvalue weighted by atomic mass is 9.88. The maximum absolute atomic E-state index is 12.9. The summed E-state index contributed by atoms with van der Waals surface area (Å²) in [4.78, 5) is 31.3. The maximum Gasteiger partial charge on any atom is 0.388 e. The van der Waals surface area contributed by atoms with Gasteiger partial charge in [0.1, 0.15) is 11.5 Å². The third kappa shape index (κ3) is 4.61. The van der Waals surface area contributed by atoms with Crippen LogP contribution in [-0.2, 0) is 4.57 Å². The Kier molecular flexibility index (Phi) is 5.72. The van der Waals surface area contributed by atoms with Gasteiger partial charge >= 0.3 is 6.80 Å². The van der Waals surface area contributed by atoms with Crippen LogP contribution in [0.15, 0.2) is 47.4 Å². The molecule has 128 valence electrons. The average molecular weight is 368 g/mol. The summed E-state index contributed by atoms with van der Waals surface area (Å²) in [5.74, 6) is -1.12. The Bertz CT molecular complexity index is 801. The number of Topliss-reactive ketones (excluding diaryl/α,β-unsaturated/α-hetero) is 1. The second-order valence-electron chi connectivity index (χ2n) is 5.18. The van der Waals surface area contributed by atoms with Gasteiger partial charge in [-0.1, -0.05) is 19.1 Å². The zero-order valence-corrected chi connectivity index (χ0v) is 14.5. The van der Waals surface area contributed by atoms with Gasteiger partial charge in [0.05, 0.1) is 0 Å². The van der Waals surface area contributed by atoms with Crippen molar-refractivity contribution in [3.63, 3.8) is 0 Å². The van der Waals surface area contributed by atoms with Crippen LogP contribution in [0.2, 0.25) is 0 Å². The molecule has 2 aromatic rings. The van der Waals surface area contributed by atoms with E-state index in [0.717, 1.165) is 0 Å². The highest BCUT2D eigenvalue weighted by atomic mass is 32.7. The van der Waals surface area contributed by atoms with Crippen molar-refractivity contribution in [3.8, 4) is 11.5 Å². The molecule has 0 amide bonds. The van der Waals surface area contributed by atoms with E-state index in [0.29, 0.717) is 12.0 Å². The van der Waals surface area contributed by atoms with Crippen LogP contribution in [0.3, 0.4) is 0 Å². The quantitative estimate of drug-likeness (QED) is 0.454. The number of hydrogen-bond donors (Lipinski definition) is 4. The Labute approximate surface area is 143 Å². The molecule has 0 saturated heterocycles. The van der Waals surface area contributed by atoms with Crippen LogP contribution in [0.5, 0.6) is 11.5 Å². The summed E-state index contributed by atoms with van der Waals surface area (Å²) < 4.78 is 11.3. The lowest BCUT2D eigenvalue weighted by molar-refractivity contribution is 0.0954. The number of phenolic OH excluding ortho intramolecular Hbond substituents is 2. The summed E-state index contributed by atoms with van der Waals surface area (Å²) >= 11 is 0.276. The fourth-order valence-corrected chi connectivity index (χ4v) is 4.31. The first kappa shape index (κ1) is 18.5. The summed E-state index contributed by atoms with van der Waals surface area (Å²) in [6, 6.07) is 10.1. The molecule has 0 aliphatic heterocycles. The number of ketones is 1. The number of carbonyl (C=O) groups is 1. The van der Waals surface area contributed by atoms with Gasteiger partial charge in [0.15, 0.2) is 5.78 Å². The van der Waals surface area contributed by atoms with Gasteiger partial charge in [0.2, 0.25) is 0 Å². The molecule has 0 spiro atoms. The Morgan fingerprint density at radius 3 is 2.38 bits per heavy atom. The minimum Gasteiger partial charge on any atom is -0.508 e. The van der Waals surface area contributed by atoms with Crippen LogP contribution < -0.4 is 0 Å². The van der Waals surface area contributed by atoms with Crippen LogP contribution in [0, 0.1) is 0 Å². The van der Waals surface area contributed by atoms with Crippen molar-refractivity contribution >= 4 is 24.0 Å². The van der Waals surface area contributed by atoms with Crippen LogP contribution >= 0.6 is 18.2 Å². The molecular formula is C16H17O6PS. The van der Waals surface area contributed by atoms with Crippen molar-refractivity contribution in [3.05, 3.63) is 53.6 Å². The third-order valence-electron chi connectivity index (χ3n) is 3.44. The zero-order chi connectivity index (χ0) is 17.9. The smallest absolute Gasteiger partial charge is 0.388 e. The van der Waals surface area contributed by atoms with E-state index in [1.54, 1.807) is 19.1 Å². The fourth-order valence-electron chi connectivity index (χ4n) is 2.42. The van der Waals surface area contributed by atoms with E-state index in [4.69, 9.17) is 9.79 Å². The fraction of sp³-hybridized carbons (Fsp3) is 0.188. The molecule has 0 aliphatic carbocycles. The van der Waals surface area contributed by atoms with Crippen LogP contribution in [-0.4, -0.2) is 25.8 Å². The highest BCUT2D eigenvalue weighted by molar-refractivity contribution is 8.54. The Balaban J connectivity index is 2.47. The lowest BCUT2D eigenvalue weighted by Gasteiger charge is -2.17. The molecule has 24 heavy (non-hydrogen) atoms. The SMILES string of the molecule is CCC(C(=O)c1cc(O)ccc1SP(=O)(O)O)c1cccc(O)c1. The highest BCUT2D eigenvalue weighted by Crippen LogP contribution is 2.55. The Hall–Kier alpha value is -1.79. The van der Waals surface area contributed by atoms with E-state index in [2.05, 4.69) is 0 Å². The molecule has 8 heteroatoms. The first-order chi connectivity index (χ1) is 11.2. The predicted molar refractivity (Wildman–Crippen MR) is 91.5 cm³/mol. The monoisotopic (exact) mass is 368 g/mol. The molecule has 0 aromatic heterocycles. The van der Waals surface area contributed by atoms with Crippen molar-refractivity contribution in [2.24, 2.45) is 0 Å². The van der Waals surface area contributed by atoms with Gasteiger partial charge < -0.3 is 20.0 Å². The summed E-state index contributed by atoms with van der Waals surface area (Å²) in [6.45, 7) is -2.65. The van der Waals surface area contributed by atoms with E-state index in [1.807, 2.05) is 0 Å². The number of phenols is 2. The molecule has 0 aliphatic rings. The second-order valence-corrected chi connectivity index (χ2v) is 8.76. The van der Waals surface area contributed by atoms with E-state index >= 15 is 0 Å². The van der Waals surface area contributed by atoms with Crippen molar-refractivity contribution in [1.29, 1.82) is 0 Å². The van der Waals surface area contributed by atoms with E-state index in [1.165, 1.54) is 30.3 Å². The van der Waals surface area contributed by atoms with Gasteiger partial charge in [-0.3, -0.25) is 4.79 Å². The summed E-state index contributed by atoms with van der Waals surface area (Å²) in [6.07, 6.45) is 0.429. The molecule has 4 N–H and O–H groups in total. The van der Waals surface area contributed by atoms with Crippen LogP contribution in [0.4, 0.5) is 0 Å². The van der Waals surface area contributed by atoms with Gasteiger partial charge in [-0.05, 0) is 53.7 Å². The zero-order valence-electron chi connectivity index (χ0n) is 12.8. The summed E-state index contributed by atoms with van der Waals surface area (Å²) in [7, 11) is 0. The minimum absolute atomic E-state index is 0.0273. The molecule has 0 radical (unpaired) electrons. The van der Waals surface area contributed by atoms with Crippen molar-refractivity contribution < 1.29 is 29.4 Å². The topological polar surface area (TPSA) is 115 Å². The van der Waals surface area contributed by atoms with Gasteiger partial charge in [-0.25, -0.2) is 4.57 Å². The number of rotatable bonds is 6. The molecule has 2 rings (SSSR count). The van der Waals surface area contributed by atoms with Gasteiger partial charge in [-0.15, -0.1) is 0 Å². The lowest BCUT2D eigenvalue weighted by Crippen LogP contribution is -2.13. The van der Waals surface area contributed by atoms with Crippen LogP contribution in [0.1, 0.15) is 35.2 Å². The molecule has 0 saturated carbocycles. The second kappa shape index (κ2) is 7.40. The molecule has 0 bridgehead atoms. The number of hydrogen-bond acceptors (Lipinski definition) is 5. The van der Waals surface area contributed by atoms with E-state index in [9.17, 15) is 19.6 Å². The normalized spacial score (nSPS) is 12.8. The summed E-state index contributed by atoms with van der Waals surface area (Å²) in [5.41, 5.74) is 0.636. The summed E-state index contributed by atoms with van der Waals surface area (Å²) in [5, 5.41) is 19.3. The maximum atomic E-state index is 12.9. The Morgan fingerprint density at radius 2 is 1.79 bits per heavy atom. The average Bonchev–Trinajstić information content (AvgIpc) is 2.48. The van der Waals surface area contributed by atoms with Crippen molar-refractivity contribution in [2.45, 2.75) is 24.2 Å². The van der Waals surface area contributed by atoms with Gasteiger partial charge in [-0.2, -0.15) is 0 Å². The minimum atomic E-state index is -4.45. The molecule has 0 heterocycles. The molecule has 6 nitrogen and oxygen atoms in total. The first-order valence-corrected chi connectivity index (χ1v) is 10.2. The standard InChI is InChI=1S/C16H17O6PS/c1-2-13(10-4-3-5-11(17)8-10)16(19)14-9-12(18)6-7-15(14)24-23(20,21)22/h3-9,13,17-18H,2H2,1H3,(H2,20,21,22). The van der Waals surface area contributed by atoms with Crippen molar-refractivity contribution in [1.82, 2.24) is 0 Å². The van der Waals surface area contributed by atoms with Crippen LogP contribution in [0.25, 0.3) is 0 Å². The number of benzene rings is 2. The molecule has 0 fully saturated rings. The molecule has 1 atom stereocenters. The first-order valence-electron chi connectivity index (χ1n) is 7.12. The molecule has 2 aromatic carbocycles. The number of aromatic hydroxyl groups is 2. The largest absolute Gasteiger partial charge is 0.508 e. The highest BCUT2D eigenvalue weighted by Gasteiger charge is 2.26. The molecular weight excluding hydrogens is 351 g/mol.